The molecule has 5 heteroatoms. The molecule has 1 aromatic rings. The zero-order valence-corrected chi connectivity index (χ0v) is 11.8. The van der Waals surface area contributed by atoms with Crippen LogP contribution in [0, 0.1) is 5.92 Å². The van der Waals surface area contributed by atoms with Crippen molar-refractivity contribution in [3.8, 4) is 11.5 Å². The third kappa shape index (κ3) is 4.13. The summed E-state index contributed by atoms with van der Waals surface area (Å²) < 4.78 is 5.08. The molecule has 1 aliphatic rings. The summed E-state index contributed by atoms with van der Waals surface area (Å²) >= 11 is 0. The number of methoxy groups -OCH3 is 1. The SMILES string of the molecule is COc1ccc(O)c(NC(=O)CCC2CCCNC2)c1. The van der Waals surface area contributed by atoms with Gasteiger partial charge in [0.05, 0.1) is 12.8 Å². The molecule has 110 valence electrons. The molecule has 0 spiro atoms. The summed E-state index contributed by atoms with van der Waals surface area (Å²) in [6.07, 6.45) is 3.72. The van der Waals surface area contributed by atoms with Gasteiger partial charge in [0.1, 0.15) is 11.5 Å². The molecule has 5 nitrogen and oxygen atoms in total. The van der Waals surface area contributed by atoms with Gasteiger partial charge in [-0.15, -0.1) is 0 Å². The Labute approximate surface area is 119 Å². The Morgan fingerprint density at radius 2 is 2.40 bits per heavy atom. The predicted molar refractivity (Wildman–Crippen MR) is 78.1 cm³/mol. The van der Waals surface area contributed by atoms with Crippen LogP contribution in [-0.4, -0.2) is 31.2 Å². The number of carbonyl (C=O) groups excluding carboxylic acids is 1. The average Bonchev–Trinajstić information content (AvgIpc) is 2.48. The van der Waals surface area contributed by atoms with E-state index in [1.807, 2.05) is 0 Å². The maximum atomic E-state index is 11.9. The smallest absolute Gasteiger partial charge is 0.224 e. The summed E-state index contributed by atoms with van der Waals surface area (Å²) in [4.78, 5) is 11.9. The molecule has 3 N–H and O–H groups in total. The molecule has 0 bridgehead atoms. The van der Waals surface area contributed by atoms with Crippen molar-refractivity contribution in [2.75, 3.05) is 25.5 Å². The van der Waals surface area contributed by atoms with Crippen LogP contribution in [0.1, 0.15) is 25.7 Å². The van der Waals surface area contributed by atoms with Crippen molar-refractivity contribution < 1.29 is 14.6 Å². The molecule has 1 amide bonds. The second kappa shape index (κ2) is 7.14. The normalized spacial score (nSPS) is 18.6. The minimum absolute atomic E-state index is 0.0542. The van der Waals surface area contributed by atoms with E-state index in [0.717, 1.165) is 19.5 Å². The van der Waals surface area contributed by atoms with Crippen molar-refractivity contribution in [2.24, 2.45) is 5.92 Å². The number of carbonyl (C=O) groups is 1. The molecule has 1 aromatic carbocycles. The highest BCUT2D eigenvalue weighted by Crippen LogP contribution is 2.28. The minimum Gasteiger partial charge on any atom is -0.506 e. The molecule has 0 aliphatic carbocycles. The number of piperidine rings is 1. The molecule has 0 saturated carbocycles. The van der Waals surface area contributed by atoms with Crippen LogP contribution in [0.15, 0.2) is 18.2 Å². The molecule has 1 heterocycles. The summed E-state index contributed by atoms with van der Waals surface area (Å²) in [5.74, 6) is 1.17. The third-order valence-corrected chi connectivity index (χ3v) is 3.66. The van der Waals surface area contributed by atoms with Gasteiger partial charge in [-0.2, -0.15) is 0 Å². The van der Waals surface area contributed by atoms with E-state index in [0.29, 0.717) is 23.8 Å². The number of anilines is 1. The largest absolute Gasteiger partial charge is 0.506 e. The first-order valence-electron chi connectivity index (χ1n) is 7.06. The van der Waals surface area contributed by atoms with E-state index in [2.05, 4.69) is 10.6 Å². The Morgan fingerprint density at radius 3 is 3.10 bits per heavy atom. The fraction of sp³-hybridized carbons (Fsp3) is 0.533. The highest BCUT2D eigenvalue weighted by Gasteiger charge is 2.15. The van der Waals surface area contributed by atoms with Crippen molar-refractivity contribution >= 4 is 11.6 Å². The molecule has 0 aromatic heterocycles. The first-order valence-corrected chi connectivity index (χ1v) is 7.06. The zero-order chi connectivity index (χ0) is 14.4. The fourth-order valence-corrected chi connectivity index (χ4v) is 2.46. The third-order valence-electron chi connectivity index (χ3n) is 3.66. The van der Waals surface area contributed by atoms with Gasteiger partial charge in [0.2, 0.25) is 5.91 Å². The second-order valence-corrected chi connectivity index (χ2v) is 5.18. The lowest BCUT2D eigenvalue weighted by Gasteiger charge is -2.22. The summed E-state index contributed by atoms with van der Waals surface area (Å²) in [5.41, 5.74) is 0.399. The van der Waals surface area contributed by atoms with Crippen LogP contribution in [0.5, 0.6) is 11.5 Å². The number of aromatic hydroxyl groups is 1. The van der Waals surface area contributed by atoms with Crippen molar-refractivity contribution in [2.45, 2.75) is 25.7 Å². The van der Waals surface area contributed by atoms with E-state index in [4.69, 9.17) is 4.74 Å². The monoisotopic (exact) mass is 278 g/mol. The maximum Gasteiger partial charge on any atom is 0.224 e. The second-order valence-electron chi connectivity index (χ2n) is 5.18. The van der Waals surface area contributed by atoms with Crippen molar-refractivity contribution in [3.05, 3.63) is 18.2 Å². The van der Waals surface area contributed by atoms with Crippen LogP contribution < -0.4 is 15.4 Å². The van der Waals surface area contributed by atoms with Gasteiger partial charge in [0.15, 0.2) is 0 Å². The van der Waals surface area contributed by atoms with Crippen LogP contribution in [0.4, 0.5) is 5.69 Å². The highest BCUT2D eigenvalue weighted by molar-refractivity contribution is 5.92. The molecular weight excluding hydrogens is 256 g/mol. The Hall–Kier alpha value is -1.75. The molecule has 1 atom stereocenters. The van der Waals surface area contributed by atoms with Gasteiger partial charge in [-0.25, -0.2) is 0 Å². The van der Waals surface area contributed by atoms with E-state index >= 15 is 0 Å². The molecule has 0 radical (unpaired) electrons. The molecule has 1 saturated heterocycles. The first kappa shape index (κ1) is 14.7. The van der Waals surface area contributed by atoms with Crippen LogP contribution in [0.3, 0.4) is 0 Å². The molecular formula is C15H22N2O3. The van der Waals surface area contributed by atoms with Gasteiger partial charge < -0.3 is 20.5 Å². The lowest BCUT2D eigenvalue weighted by molar-refractivity contribution is -0.116. The van der Waals surface area contributed by atoms with E-state index in [-0.39, 0.29) is 11.7 Å². The molecule has 1 fully saturated rings. The quantitative estimate of drug-likeness (QED) is 0.722. The Balaban J connectivity index is 1.84. The van der Waals surface area contributed by atoms with Gasteiger partial charge in [0, 0.05) is 12.5 Å². The van der Waals surface area contributed by atoms with Crippen molar-refractivity contribution in [3.63, 3.8) is 0 Å². The fourth-order valence-electron chi connectivity index (χ4n) is 2.46. The topological polar surface area (TPSA) is 70.6 Å². The van der Waals surface area contributed by atoms with Crippen LogP contribution >= 0.6 is 0 Å². The number of phenolic OH excluding ortho intramolecular Hbond substituents is 1. The number of hydrogen-bond donors (Lipinski definition) is 3. The number of benzene rings is 1. The Bertz CT molecular complexity index is 456. The van der Waals surface area contributed by atoms with Gasteiger partial charge in [0.25, 0.3) is 0 Å². The maximum absolute atomic E-state index is 11.9. The van der Waals surface area contributed by atoms with Gasteiger partial charge in [-0.05, 0) is 50.4 Å². The number of ether oxygens (including phenoxy) is 1. The predicted octanol–water partition coefficient (Wildman–Crippen LogP) is 2.12. The summed E-state index contributed by atoms with van der Waals surface area (Å²) in [6, 6.07) is 4.79. The number of phenols is 1. The molecule has 1 unspecified atom stereocenters. The molecule has 1 aliphatic heterocycles. The number of rotatable bonds is 5. The first-order chi connectivity index (χ1) is 9.69. The molecule has 2 rings (SSSR count). The zero-order valence-electron chi connectivity index (χ0n) is 11.8. The highest BCUT2D eigenvalue weighted by atomic mass is 16.5. The lowest BCUT2D eigenvalue weighted by atomic mass is 9.94. The van der Waals surface area contributed by atoms with Crippen molar-refractivity contribution in [1.29, 1.82) is 0 Å². The van der Waals surface area contributed by atoms with E-state index in [1.165, 1.54) is 18.9 Å². The van der Waals surface area contributed by atoms with Gasteiger partial charge in [-0.3, -0.25) is 4.79 Å². The average molecular weight is 278 g/mol. The van der Waals surface area contributed by atoms with Gasteiger partial charge in [-0.1, -0.05) is 0 Å². The molecule has 20 heavy (non-hydrogen) atoms. The van der Waals surface area contributed by atoms with Gasteiger partial charge >= 0.3 is 0 Å². The summed E-state index contributed by atoms with van der Waals surface area (Å²) in [5, 5.41) is 15.8. The van der Waals surface area contributed by atoms with Crippen LogP contribution in [0.25, 0.3) is 0 Å². The van der Waals surface area contributed by atoms with E-state index in [1.54, 1.807) is 19.2 Å². The van der Waals surface area contributed by atoms with Crippen molar-refractivity contribution in [1.82, 2.24) is 5.32 Å². The number of amides is 1. The number of hydrogen-bond acceptors (Lipinski definition) is 4. The lowest BCUT2D eigenvalue weighted by Crippen LogP contribution is -2.30. The summed E-state index contributed by atoms with van der Waals surface area (Å²) in [6.45, 7) is 2.08. The minimum atomic E-state index is -0.0703. The van der Waals surface area contributed by atoms with E-state index < -0.39 is 0 Å². The summed E-state index contributed by atoms with van der Waals surface area (Å²) in [7, 11) is 1.55. The van der Waals surface area contributed by atoms with Crippen LogP contribution in [-0.2, 0) is 4.79 Å². The standard InChI is InChI=1S/C15H22N2O3/c1-20-12-5-6-14(18)13(9-12)17-15(19)7-4-11-3-2-8-16-10-11/h5-6,9,11,16,18H,2-4,7-8,10H2,1H3,(H,17,19). The van der Waals surface area contributed by atoms with E-state index in [9.17, 15) is 9.90 Å². The van der Waals surface area contributed by atoms with Crippen LogP contribution in [0.2, 0.25) is 0 Å². The number of nitrogens with one attached hydrogen (secondary N) is 2. The Kier molecular flexibility index (Phi) is 5.24. The Morgan fingerprint density at radius 1 is 1.55 bits per heavy atom.